The normalized spacial score (nSPS) is 20.4. The van der Waals surface area contributed by atoms with Crippen LogP contribution in [0.5, 0.6) is 0 Å². The Hall–Kier alpha value is -2.90. The van der Waals surface area contributed by atoms with E-state index in [2.05, 4.69) is 50.4 Å². The van der Waals surface area contributed by atoms with E-state index in [-0.39, 0.29) is 19.4 Å². The van der Waals surface area contributed by atoms with Gasteiger partial charge in [-0.3, -0.25) is 9.59 Å². The Morgan fingerprint density at radius 2 is 1.06 bits per heavy atom. The van der Waals surface area contributed by atoms with Crippen molar-refractivity contribution in [2.24, 2.45) is 0 Å². The van der Waals surface area contributed by atoms with Crippen molar-refractivity contribution in [3.8, 4) is 0 Å². The second kappa shape index (κ2) is 46.2. The molecular formula is C58H101NO10. The minimum Gasteiger partial charge on any atom is -0.454 e. The van der Waals surface area contributed by atoms with E-state index >= 15 is 0 Å². The molecule has 0 aliphatic carbocycles. The predicted octanol–water partition coefficient (Wildman–Crippen LogP) is 12.1. The van der Waals surface area contributed by atoms with Crippen LogP contribution in [0.1, 0.15) is 220 Å². The fraction of sp³-hybridized carbons (Fsp3) is 0.759. The number of carbonyl (C=O) groups excluding carboxylic acids is 2. The van der Waals surface area contributed by atoms with E-state index in [1.807, 2.05) is 42.5 Å². The topological polar surface area (TPSA) is 175 Å². The lowest BCUT2D eigenvalue weighted by molar-refractivity contribution is -0.305. The van der Waals surface area contributed by atoms with E-state index in [1.165, 1.54) is 96.3 Å². The van der Waals surface area contributed by atoms with E-state index in [1.54, 1.807) is 6.08 Å². The Morgan fingerprint density at radius 1 is 0.580 bits per heavy atom. The molecule has 8 unspecified atom stereocenters. The molecule has 1 amide bonds. The molecule has 1 fully saturated rings. The summed E-state index contributed by atoms with van der Waals surface area (Å²) in [5, 5.41) is 56.7. The zero-order valence-corrected chi connectivity index (χ0v) is 43.7. The molecule has 0 saturated carbocycles. The van der Waals surface area contributed by atoms with Gasteiger partial charge in [0.05, 0.1) is 25.4 Å². The van der Waals surface area contributed by atoms with Crippen LogP contribution in [0, 0.1) is 0 Å². The molecule has 0 spiro atoms. The van der Waals surface area contributed by atoms with Gasteiger partial charge in [0.15, 0.2) is 12.4 Å². The first kappa shape index (κ1) is 64.1. The lowest BCUT2D eigenvalue weighted by atomic mass is 9.99. The molecule has 1 aliphatic rings. The second-order valence-corrected chi connectivity index (χ2v) is 19.0. The third kappa shape index (κ3) is 35.0. The molecule has 0 aromatic rings. The zero-order valence-electron chi connectivity index (χ0n) is 43.7. The minimum absolute atomic E-state index is 0.0747. The van der Waals surface area contributed by atoms with Crippen LogP contribution in [0.4, 0.5) is 0 Å². The van der Waals surface area contributed by atoms with Crippen molar-refractivity contribution >= 4 is 11.9 Å². The maximum atomic E-state index is 13.4. The number of esters is 1. The minimum atomic E-state index is -1.63. The van der Waals surface area contributed by atoms with Crippen molar-refractivity contribution < 1.29 is 49.3 Å². The van der Waals surface area contributed by atoms with Gasteiger partial charge in [-0.05, 0) is 70.6 Å². The molecule has 11 nitrogen and oxygen atoms in total. The summed E-state index contributed by atoms with van der Waals surface area (Å²) in [5.74, 6) is -1.24. The maximum Gasteiger partial charge on any atom is 0.306 e. The number of carbonyl (C=O) groups is 2. The van der Waals surface area contributed by atoms with Gasteiger partial charge in [0.1, 0.15) is 24.4 Å². The van der Waals surface area contributed by atoms with E-state index in [9.17, 15) is 35.1 Å². The molecule has 69 heavy (non-hydrogen) atoms. The maximum absolute atomic E-state index is 13.4. The quantitative estimate of drug-likeness (QED) is 0.0149. The summed E-state index contributed by atoms with van der Waals surface area (Å²) in [6.45, 7) is 5.58. The number of aliphatic hydroxyl groups excluding tert-OH is 5. The fourth-order valence-electron chi connectivity index (χ4n) is 8.24. The van der Waals surface area contributed by atoms with Crippen molar-refractivity contribution in [3.63, 3.8) is 0 Å². The van der Waals surface area contributed by atoms with Gasteiger partial charge < -0.3 is 45.1 Å². The monoisotopic (exact) mass is 972 g/mol. The molecule has 0 aromatic heterocycles. The molecule has 1 saturated heterocycles. The van der Waals surface area contributed by atoms with Crippen molar-refractivity contribution in [3.05, 3.63) is 72.9 Å². The molecule has 1 aliphatic heterocycles. The van der Waals surface area contributed by atoms with E-state index < -0.39 is 67.4 Å². The predicted molar refractivity (Wildman–Crippen MR) is 283 cm³/mol. The van der Waals surface area contributed by atoms with Crippen LogP contribution in [0.25, 0.3) is 0 Å². The highest BCUT2D eigenvalue weighted by Gasteiger charge is 2.47. The summed E-state index contributed by atoms with van der Waals surface area (Å²) in [6.07, 6.45) is 46.6. The van der Waals surface area contributed by atoms with E-state index in [0.717, 1.165) is 77.0 Å². The fourth-order valence-corrected chi connectivity index (χ4v) is 8.24. The first-order valence-electron chi connectivity index (χ1n) is 27.8. The highest BCUT2D eigenvalue weighted by molar-refractivity contribution is 5.80. The SMILES string of the molecule is CC/C=C/C=C/C=C\C=C/CCCCCC(=O)OC1C(OCC(NC(=O)C(O)CCCCCCCC/C=C\CCCCCC)C(O)/C=C/CCCCCCCCCCCCC)OC(CO)C(O)C1O. The largest absolute Gasteiger partial charge is 0.454 e. The van der Waals surface area contributed by atoms with Crippen molar-refractivity contribution in [2.45, 2.75) is 269 Å². The molecule has 0 bridgehead atoms. The van der Waals surface area contributed by atoms with Crippen LogP contribution >= 0.6 is 0 Å². The number of rotatable bonds is 45. The van der Waals surface area contributed by atoms with E-state index in [4.69, 9.17) is 14.2 Å². The van der Waals surface area contributed by atoms with Gasteiger partial charge in [-0.25, -0.2) is 0 Å². The first-order chi connectivity index (χ1) is 33.7. The Kier molecular flexibility index (Phi) is 42.9. The van der Waals surface area contributed by atoms with Gasteiger partial charge in [0.25, 0.3) is 0 Å². The van der Waals surface area contributed by atoms with Gasteiger partial charge in [0.2, 0.25) is 5.91 Å². The number of unbranched alkanes of at least 4 members (excludes halogenated alkanes) is 24. The lowest BCUT2D eigenvalue weighted by Gasteiger charge is -2.41. The van der Waals surface area contributed by atoms with Crippen LogP contribution in [-0.4, -0.2) is 99.6 Å². The van der Waals surface area contributed by atoms with Crippen LogP contribution in [0.15, 0.2) is 72.9 Å². The highest BCUT2D eigenvalue weighted by Crippen LogP contribution is 2.26. The molecular weight excluding hydrogens is 871 g/mol. The first-order valence-corrected chi connectivity index (χ1v) is 27.8. The number of amides is 1. The highest BCUT2D eigenvalue weighted by atomic mass is 16.7. The third-order valence-electron chi connectivity index (χ3n) is 12.7. The van der Waals surface area contributed by atoms with Crippen LogP contribution in [-0.2, 0) is 23.8 Å². The zero-order chi connectivity index (χ0) is 50.4. The van der Waals surface area contributed by atoms with Gasteiger partial charge in [-0.1, -0.05) is 216 Å². The smallest absolute Gasteiger partial charge is 0.306 e. The molecule has 11 heteroatoms. The Morgan fingerprint density at radius 3 is 1.62 bits per heavy atom. The standard InChI is InChI=1S/C58H101NO10/c1-4-7-10-13-16-19-22-25-28-30-33-36-39-42-45-51(62)57(66)59-49(50(61)44-41-38-35-32-29-26-23-20-17-14-11-8-5-2)48-67-58-56(55(65)54(64)52(47-60)68-58)69-53(63)46-43-40-37-34-31-27-24-21-18-15-12-9-6-3/h9,12,15,18-19,21-22,24,27,31,41,44,49-52,54-56,58,60-62,64-65H,4-8,10-11,13-14,16-17,20,23,25-26,28-30,32-40,42-43,45-48H2,1-3H3,(H,59,66)/b12-9+,18-15+,22-19-,24-21-,31-27-,44-41+. The molecule has 0 radical (unpaired) electrons. The van der Waals surface area contributed by atoms with Gasteiger partial charge >= 0.3 is 5.97 Å². The van der Waals surface area contributed by atoms with Crippen LogP contribution < -0.4 is 5.32 Å². The third-order valence-corrected chi connectivity index (χ3v) is 12.7. The Labute approximate surface area is 420 Å². The number of nitrogens with one attached hydrogen (secondary N) is 1. The molecule has 1 rings (SSSR count). The summed E-state index contributed by atoms with van der Waals surface area (Å²) in [4.78, 5) is 26.4. The van der Waals surface area contributed by atoms with Crippen LogP contribution in [0.3, 0.4) is 0 Å². The number of hydrogen-bond acceptors (Lipinski definition) is 10. The van der Waals surface area contributed by atoms with Crippen molar-refractivity contribution in [1.29, 1.82) is 0 Å². The average molecular weight is 972 g/mol. The summed E-state index contributed by atoms with van der Waals surface area (Å²) >= 11 is 0. The summed E-state index contributed by atoms with van der Waals surface area (Å²) in [5.41, 5.74) is 0. The number of ether oxygens (including phenoxy) is 3. The molecule has 398 valence electrons. The summed E-state index contributed by atoms with van der Waals surface area (Å²) in [6, 6.07) is -1.04. The van der Waals surface area contributed by atoms with Crippen molar-refractivity contribution in [2.75, 3.05) is 13.2 Å². The van der Waals surface area contributed by atoms with Gasteiger partial charge in [-0.2, -0.15) is 0 Å². The number of aliphatic hydroxyl groups is 5. The Bertz CT molecular complexity index is 1390. The summed E-state index contributed by atoms with van der Waals surface area (Å²) < 4.78 is 17.5. The molecule has 0 aromatic carbocycles. The summed E-state index contributed by atoms with van der Waals surface area (Å²) in [7, 11) is 0. The number of hydrogen-bond donors (Lipinski definition) is 6. The molecule has 6 N–H and O–H groups in total. The molecule has 8 atom stereocenters. The lowest BCUT2D eigenvalue weighted by Crippen LogP contribution is -2.61. The Balaban J connectivity index is 2.79. The van der Waals surface area contributed by atoms with Gasteiger partial charge in [-0.15, -0.1) is 0 Å². The number of allylic oxidation sites excluding steroid dienone is 11. The second-order valence-electron chi connectivity index (χ2n) is 19.0. The average Bonchev–Trinajstić information content (AvgIpc) is 3.34. The van der Waals surface area contributed by atoms with Crippen molar-refractivity contribution in [1.82, 2.24) is 5.32 Å². The van der Waals surface area contributed by atoms with Gasteiger partial charge in [0, 0.05) is 6.42 Å². The molecule has 1 heterocycles. The van der Waals surface area contributed by atoms with E-state index in [0.29, 0.717) is 12.8 Å². The van der Waals surface area contributed by atoms with Crippen LogP contribution in [0.2, 0.25) is 0 Å².